The van der Waals surface area contributed by atoms with E-state index in [1.165, 1.54) is 10.6 Å². The summed E-state index contributed by atoms with van der Waals surface area (Å²) in [7, 11) is 0. The Hall–Kier alpha value is -2.92. The second-order valence-electron chi connectivity index (χ2n) is 7.50. The molecule has 4 rings (SSSR count). The third kappa shape index (κ3) is 3.15. The molecule has 27 heavy (non-hydrogen) atoms. The second kappa shape index (κ2) is 6.35. The number of benzene rings is 1. The van der Waals surface area contributed by atoms with E-state index in [9.17, 15) is 4.79 Å². The minimum atomic E-state index is -0.205. The summed E-state index contributed by atoms with van der Waals surface area (Å²) in [5, 5.41) is 3.92. The first kappa shape index (κ1) is 17.5. The van der Waals surface area contributed by atoms with Crippen LogP contribution in [0.15, 0.2) is 59.7 Å². The van der Waals surface area contributed by atoms with Crippen molar-refractivity contribution in [3.05, 3.63) is 75.9 Å². The fourth-order valence-electron chi connectivity index (χ4n) is 3.13. The number of hydrogen-bond acceptors (Lipinski definition) is 3. The van der Waals surface area contributed by atoms with E-state index in [1.54, 1.807) is 12.4 Å². The molecule has 0 saturated heterocycles. The van der Waals surface area contributed by atoms with Gasteiger partial charge in [-0.3, -0.25) is 14.9 Å². The molecule has 136 valence electrons. The molecule has 1 aromatic carbocycles. The largest absolute Gasteiger partial charge is 0.292 e. The molecule has 0 fully saturated rings. The Morgan fingerprint density at radius 2 is 1.81 bits per heavy atom. The number of fused-ring (bicyclic) bond motifs is 1. The van der Waals surface area contributed by atoms with E-state index in [0.717, 1.165) is 22.4 Å². The Morgan fingerprint density at radius 3 is 2.44 bits per heavy atom. The third-order valence-corrected chi connectivity index (χ3v) is 4.71. The molecular weight excluding hydrogens is 360 g/mol. The first-order valence-corrected chi connectivity index (χ1v) is 9.05. The van der Waals surface area contributed by atoms with Crippen LogP contribution in [0.1, 0.15) is 26.5 Å². The van der Waals surface area contributed by atoms with Gasteiger partial charge in [0, 0.05) is 45.7 Å². The summed E-state index contributed by atoms with van der Waals surface area (Å²) in [5.41, 5.74) is 4.43. The normalized spacial score (nSPS) is 11.9. The molecule has 6 heteroatoms. The number of pyridine rings is 1. The van der Waals surface area contributed by atoms with Gasteiger partial charge in [-0.2, -0.15) is 0 Å². The zero-order valence-electron chi connectivity index (χ0n) is 15.3. The Labute approximate surface area is 161 Å². The van der Waals surface area contributed by atoms with Crippen LogP contribution in [0.3, 0.4) is 0 Å². The topological polar surface area (TPSA) is 63.0 Å². The lowest BCUT2D eigenvalue weighted by atomic mass is 9.87. The quantitative estimate of drug-likeness (QED) is 0.549. The molecule has 0 atom stereocenters. The smallest absolute Gasteiger partial charge is 0.273 e. The standard InChI is InChI=1S/C21H19ClN4O/c1-21(2,3)19-18(13-6-8-15(22)9-7-13)20-24-16(11-17(27)26(20)25-19)14-5-4-10-23-12-14/h4-12,25H,1-3H3. The van der Waals surface area contributed by atoms with Crippen LogP contribution in [0.4, 0.5) is 0 Å². The number of aromatic amines is 1. The maximum atomic E-state index is 12.8. The lowest BCUT2D eigenvalue weighted by Gasteiger charge is -2.18. The van der Waals surface area contributed by atoms with Crippen molar-refractivity contribution < 1.29 is 0 Å². The molecule has 1 N–H and O–H groups in total. The monoisotopic (exact) mass is 378 g/mol. The van der Waals surface area contributed by atoms with Gasteiger partial charge in [-0.05, 0) is 29.8 Å². The van der Waals surface area contributed by atoms with Crippen molar-refractivity contribution in [1.29, 1.82) is 0 Å². The molecule has 0 aliphatic heterocycles. The maximum absolute atomic E-state index is 12.8. The van der Waals surface area contributed by atoms with Gasteiger partial charge in [0.2, 0.25) is 0 Å². The van der Waals surface area contributed by atoms with Crippen molar-refractivity contribution in [2.24, 2.45) is 0 Å². The van der Waals surface area contributed by atoms with Gasteiger partial charge in [0.1, 0.15) is 0 Å². The van der Waals surface area contributed by atoms with E-state index in [2.05, 4.69) is 30.9 Å². The van der Waals surface area contributed by atoms with Gasteiger partial charge in [-0.25, -0.2) is 9.50 Å². The van der Waals surface area contributed by atoms with Gasteiger partial charge in [-0.1, -0.05) is 44.5 Å². The molecule has 4 aromatic rings. The molecule has 0 spiro atoms. The summed E-state index contributed by atoms with van der Waals surface area (Å²) in [6.45, 7) is 6.30. The van der Waals surface area contributed by atoms with E-state index < -0.39 is 0 Å². The van der Waals surface area contributed by atoms with E-state index >= 15 is 0 Å². The highest BCUT2D eigenvalue weighted by atomic mass is 35.5. The molecule has 0 aliphatic rings. The molecule has 0 unspecified atom stereocenters. The fraction of sp³-hybridized carbons (Fsp3) is 0.190. The Morgan fingerprint density at radius 1 is 1.07 bits per heavy atom. The van der Waals surface area contributed by atoms with Gasteiger partial charge >= 0.3 is 0 Å². The van der Waals surface area contributed by atoms with Crippen molar-refractivity contribution in [2.75, 3.05) is 0 Å². The van der Waals surface area contributed by atoms with Gasteiger partial charge in [0.05, 0.1) is 5.69 Å². The predicted molar refractivity (Wildman–Crippen MR) is 108 cm³/mol. The summed E-state index contributed by atoms with van der Waals surface area (Å²) in [6.07, 6.45) is 3.40. The number of aromatic nitrogens is 4. The first-order valence-electron chi connectivity index (χ1n) is 8.67. The summed E-state index contributed by atoms with van der Waals surface area (Å²) in [6, 6.07) is 12.8. The number of H-pyrrole nitrogens is 1. The summed E-state index contributed by atoms with van der Waals surface area (Å²) in [5.74, 6) is 0. The van der Waals surface area contributed by atoms with Crippen molar-refractivity contribution in [3.63, 3.8) is 0 Å². The molecule has 3 aromatic heterocycles. The van der Waals surface area contributed by atoms with Crippen LogP contribution >= 0.6 is 11.6 Å². The molecular formula is C21H19ClN4O. The van der Waals surface area contributed by atoms with Crippen LogP contribution in [0.5, 0.6) is 0 Å². The minimum absolute atomic E-state index is 0.162. The van der Waals surface area contributed by atoms with Crippen LogP contribution in [0.2, 0.25) is 5.02 Å². The Balaban J connectivity index is 2.07. The summed E-state index contributed by atoms with van der Waals surface area (Å²) < 4.78 is 1.50. The van der Waals surface area contributed by atoms with Crippen molar-refractivity contribution in [2.45, 2.75) is 26.2 Å². The number of nitrogens with one attached hydrogen (secondary N) is 1. The van der Waals surface area contributed by atoms with Gasteiger partial charge in [-0.15, -0.1) is 0 Å². The molecule has 0 bridgehead atoms. The van der Waals surface area contributed by atoms with Crippen LogP contribution in [0.25, 0.3) is 28.0 Å². The number of rotatable bonds is 2. The van der Waals surface area contributed by atoms with E-state index in [1.807, 2.05) is 36.4 Å². The number of halogens is 1. The minimum Gasteiger partial charge on any atom is -0.292 e. The number of hydrogen-bond donors (Lipinski definition) is 1. The highest BCUT2D eigenvalue weighted by molar-refractivity contribution is 6.30. The highest BCUT2D eigenvalue weighted by Crippen LogP contribution is 2.35. The Bertz CT molecular complexity index is 1170. The Kier molecular flexibility index (Phi) is 4.12. The first-order chi connectivity index (χ1) is 12.8. The highest BCUT2D eigenvalue weighted by Gasteiger charge is 2.25. The SMILES string of the molecule is CC(C)(C)c1[nH]n2c(=O)cc(-c3cccnc3)nc2c1-c1ccc(Cl)cc1. The van der Waals surface area contributed by atoms with Crippen molar-refractivity contribution in [1.82, 2.24) is 19.6 Å². The lowest BCUT2D eigenvalue weighted by molar-refractivity contribution is 0.563. The molecule has 0 saturated carbocycles. The molecule has 5 nitrogen and oxygen atoms in total. The molecule has 0 radical (unpaired) electrons. The summed E-state index contributed by atoms with van der Waals surface area (Å²) in [4.78, 5) is 21.7. The average Bonchev–Trinajstić information content (AvgIpc) is 3.04. The second-order valence-corrected chi connectivity index (χ2v) is 7.94. The fourth-order valence-corrected chi connectivity index (χ4v) is 3.26. The van der Waals surface area contributed by atoms with E-state index in [0.29, 0.717) is 16.4 Å². The van der Waals surface area contributed by atoms with E-state index in [4.69, 9.17) is 16.6 Å². The van der Waals surface area contributed by atoms with Crippen molar-refractivity contribution >= 4 is 17.2 Å². The van der Waals surface area contributed by atoms with Gasteiger partial charge in [0.15, 0.2) is 5.65 Å². The van der Waals surface area contributed by atoms with Gasteiger partial charge in [0.25, 0.3) is 5.56 Å². The zero-order chi connectivity index (χ0) is 19.2. The third-order valence-electron chi connectivity index (χ3n) is 4.46. The predicted octanol–water partition coefficient (Wildman–Crippen LogP) is 4.70. The lowest BCUT2D eigenvalue weighted by Crippen LogP contribution is -2.17. The van der Waals surface area contributed by atoms with Crippen LogP contribution in [-0.4, -0.2) is 19.6 Å². The van der Waals surface area contributed by atoms with Crippen LogP contribution < -0.4 is 5.56 Å². The van der Waals surface area contributed by atoms with Crippen LogP contribution in [0, 0.1) is 0 Å². The molecule has 0 aliphatic carbocycles. The van der Waals surface area contributed by atoms with Gasteiger partial charge < -0.3 is 0 Å². The maximum Gasteiger partial charge on any atom is 0.273 e. The molecule has 3 heterocycles. The average molecular weight is 379 g/mol. The number of nitrogens with zero attached hydrogens (tertiary/aromatic N) is 3. The molecule has 0 amide bonds. The van der Waals surface area contributed by atoms with Crippen LogP contribution in [-0.2, 0) is 5.41 Å². The van der Waals surface area contributed by atoms with Crippen molar-refractivity contribution in [3.8, 4) is 22.4 Å². The summed E-state index contributed by atoms with van der Waals surface area (Å²) >= 11 is 6.07. The van der Waals surface area contributed by atoms with E-state index in [-0.39, 0.29) is 11.0 Å². The zero-order valence-corrected chi connectivity index (χ0v) is 16.1.